The molecule has 0 radical (unpaired) electrons. The third-order valence-electron chi connectivity index (χ3n) is 3.37. The first kappa shape index (κ1) is 12.3. The lowest BCUT2D eigenvalue weighted by Crippen LogP contribution is -2.36. The van der Waals surface area contributed by atoms with Crippen molar-refractivity contribution in [2.45, 2.75) is 45.6 Å². The van der Waals surface area contributed by atoms with Crippen LogP contribution in [-0.2, 0) is 0 Å². The zero-order valence-corrected chi connectivity index (χ0v) is 10.7. The Morgan fingerprint density at radius 2 is 2.12 bits per heavy atom. The second-order valence-electron chi connectivity index (χ2n) is 5.32. The van der Waals surface area contributed by atoms with Crippen LogP contribution in [0.1, 0.15) is 39.5 Å². The molecule has 0 amide bonds. The summed E-state index contributed by atoms with van der Waals surface area (Å²) in [7, 11) is 0. The van der Waals surface area contributed by atoms with Crippen LogP contribution in [0.3, 0.4) is 0 Å². The Morgan fingerprint density at radius 1 is 1.41 bits per heavy atom. The zero-order chi connectivity index (χ0) is 12.3. The Kier molecular flexibility index (Phi) is 3.97. The van der Waals surface area contributed by atoms with Gasteiger partial charge < -0.3 is 4.90 Å². The van der Waals surface area contributed by atoms with E-state index in [9.17, 15) is 4.39 Å². The molecule has 1 heterocycles. The van der Waals surface area contributed by atoms with Crippen LogP contribution >= 0.6 is 0 Å². The smallest absolute Gasteiger partial charge is 0.214 e. The summed E-state index contributed by atoms with van der Waals surface area (Å²) in [4.78, 5) is 6.00. The molecule has 1 aromatic rings. The largest absolute Gasteiger partial charge is 0.368 e. The molecule has 2 nitrogen and oxygen atoms in total. The lowest BCUT2D eigenvalue weighted by molar-refractivity contribution is 0.530. The third kappa shape index (κ3) is 3.18. The van der Waals surface area contributed by atoms with Crippen molar-refractivity contribution < 1.29 is 4.39 Å². The second-order valence-corrected chi connectivity index (χ2v) is 5.32. The first-order valence-electron chi connectivity index (χ1n) is 6.55. The number of aromatic nitrogens is 1. The average molecular weight is 236 g/mol. The lowest BCUT2D eigenvalue weighted by atomic mass is 10.1. The summed E-state index contributed by atoms with van der Waals surface area (Å²) in [6.07, 6.45) is 6.62. The van der Waals surface area contributed by atoms with E-state index in [1.54, 1.807) is 12.3 Å². The van der Waals surface area contributed by atoms with Gasteiger partial charge in [0.2, 0.25) is 5.95 Å². The standard InChI is InChI=1S/C14H21FN2/c1-11(2)10-17(12-5-3-4-6-12)13-7-8-16-14(15)9-13/h7-9,11-12H,3-6,10H2,1-2H3. The van der Waals surface area contributed by atoms with Crippen molar-refractivity contribution in [3.8, 4) is 0 Å². The molecule has 3 heteroatoms. The number of halogens is 1. The van der Waals surface area contributed by atoms with E-state index in [0.29, 0.717) is 12.0 Å². The third-order valence-corrected chi connectivity index (χ3v) is 3.37. The summed E-state index contributed by atoms with van der Waals surface area (Å²) < 4.78 is 13.2. The first-order valence-corrected chi connectivity index (χ1v) is 6.55. The quantitative estimate of drug-likeness (QED) is 0.742. The highest BCUT2D eigenvalue weighted by Crippen LogP contribution is 2.28. The summed E-state index contributed by atoms with van der Waals surface area (Å²) >= 11 is 0. The summed E-state index contributed by atoms with van der Waals surface area (Å²) in [6, 6.07) is 4.06. The van der Waals surface area contributed by atoms with Crippen LogP contribution in [0.4, 0.5) is 10.1 Å². The van der Waals surface area contributed by atoms with Crippen LogP contribution in [-0.4, -0.2) is 17.6 Å². The molecule has 0 saturated heterocycles. The Balaban J connectivity index is 2.19. The molecule has 0 spiro atoms. The van der Waals surface area contributed by atoms with Crippen molar-refractivity contribution >= 4 is 5.69 Å². The van der Waals surface area contributed by atoms with Crippen molar-refractivity contribution in [2.24, 2.45) is 5.92 Å². The number of pyridine rings is 1. The molecule has 1 aromatic heterocycles. The highest BCUT2D eigenvalue weighted by atomic mass is 19.1. The van der Waals surface area contributed by atoms with E-state index in [-0.39, 0.29) is 5.95 Å². The molecule has 2 rings (SSSR count). The fourth-order valence-corrected chi connectivity index (χ4v) is 2.65. The van der Waals surface area contributed by atoms with Gasteiger partial charge in [-0.05, 0) is 24.8 Å². The van der Waals surface area contributed by atoms with Gasteiger partial charge in [0.1, 0.15) is 0 Å². The highest BCUT2D eigenvalue weighted by molar-refractivity contribution is 5.46. The average Bonchev–Trinajstić information content (AvgIpc) is 2.79. The lowest BCUT2D eigenvalue weighted by Gasteiger charge is -2.32. The van der Waals surface area contributed by atoms with Crippen LogP contribution in [0.15, 0.2) is 18.3 Å². The molecule has 0 unspecified atom stereocenters. The second kappa shape index (κ2) is 5.48. The molecule has 0 aliphatic heterocycles. The maximum Gasteiger partial charge on any atom is 0.214 e. The fraction of sp³-hybridized carbons (Fsp3) is 0.643. The maximum absolute atomic E-state index is 13.2. The normalized spacial score (nSPS) is 16.7. The number of anilines is 1. The molecule has 1 aliphatic carbocycles. The minimum atomic E-state index is -0.380. The first-order chi connectivity index (χ1) is 8.16. The zero-order valence-electron chi connectivity index (χ0n) is 10.7. The fourth-order valence-electron chi connectivity index (χ4n) is 2.65. The van der Waals surface area contributed by atoms with Gasteiger partial charge in [-0.15, -0.1) is 0 Å². The van der Waals surface area contributed by atoms with Crippen molar-refractivity contribution in [3.05, 3.63) is 24.3 Å². The topological polar surface area (TPSA) is 16.1 Å². The molecule has 0 atom stereocenters. The summed E-state index contributed by atoms with van der Waals surface area (Å²) in [6.45, 7) is 5.41. The molecule has 0 aromatic carbocycles. The molecule has 1 fully saturated rings. The molecule has 1 aliphatic rings. The molecular weight excluding hydrogens is 215 g/mol. The number of nitrogens with zero attached hydrogens (tertiary/aromatic N) is 2. The van der Waals surface area contributed by atoms with Gasteiger partial charge in [-0.1, -0.05) is 26.7 Å². The van der Waals surface area contributed by atoms with Crippen molar-refractivity contribution in [3.63, 3.8) is 0 Å². The van der Waals surface area contributed by atoms with E-state index in [1.165, 1.54) is 25.7 Å². The molecule has 0 bridgehead atoms. The van der Waals surface area contributed by atoms with Gasteiger partial charge in [0, 0.05) is 30.5 Å². The molecular formula is C14H21FN2. The van der Waals surface area contributed by atoms with Gasteiger partial charge in [-0.3, -0.25) is 0 Å². The highest BCUT2D eigenvalue weighted by Gasteiger charge is 2.23. The summed E-state index contributed by atoms with van der Waals surface area (Å²) in [5, 5.41) is 0. The van der Waals surface area contributed by atoms with Crippen molar-refractivity contribution in [1.82, 2.24) is 4.98 Å². The molecule has 0 N–H and O–H groups in total. The van der Waals surface area contributed by atoms with E-state index in [4.69, 9.17) is 0 Å². The molecule has 17 heavy (non-hydrogen) atoms. The van der Waals surface area contributed by atoms with E-state index in [0.717, 1.165) is 12.2 Å². The molecule has 94 valence electrons. The predicted molar refractivity (Wildman–Crippen MR) is 68.6 cm³/mol. The van der Waals surface area contributed by atoms with Gasteiger partial charge in [-0.25, -0.2) is 4.98 Å². The van der Waals surface area contributed by atoms with Crippen molar-refractivity contribution in [2.75, 3.05) is 11.4 Å². The number of hydrogen-bond acceptors (Lipinski definition) is 2. The van der Waals surface area contributed by atoms with Gasteiger partial charge in [0.05, 0.1) is 0 Å². The van der Waals surface area contributed by atoms with Gasteiger partial charge >= 0.3 is 0 Å². The minimum Gasteiger partial charge on any atom is -0.368 e. The maximum atomic E-state index is 13.2. The predicted octanol–water partition coefficient (Wildman–Crippen LogP) is 3.63. The number of hydrogen-bond donors (Lipinski definition) is 0. The van der Waals surface area contributed by atoms with E-state index >= 15 is 0 Å². The van der Waals surface area contributed by atoms with Crippen LogP contribution < -0.4 is 4.90 Å². The molecule has 1 saturated carbocycles. The van der Waals surface area contributed by atoms with E-state index < -0.39 is 0 Å². The van der Waals surface area contributed by atoms with Crippen LogP contribution in [0.25, 0.3) is 0 Å². The number of rotatable bonds is 4. The van der Waals surface area contributed by atoms with Gasteiger partial charge in [0.25, 0.3) is 0 Å². The minimum absolute atomic E-state index is 0.380. The summed E-state index contributed by atoms with van der Waals surface area (Å²) in [5.74, 6) is 0.209. The summed E-state index contributed by atoms with van der Waals surface area (Å²) in [5.41, 5.74) is 0.984. The Labute approximate surface area is 103 Å². The Morgan fingerprint density at radius 3 is 2.71 bits per heavy atom. The van der Waals surface area contributed by atoms with Gasteiger partial charge in [-0.2, -0.15) is 4.39 Å². The van der Waals surface area contributed by atoms with Gasteiger partial charge in [0.15, 0.2) is 0 Å². The van der Waals surface area contributed by atoms with Crippen LogP contribution in [0.2, 0.25) is 0 Å². The van der Waals surface area contributed by atoms with Crippen LogP contribution in [0, 0.1) is 11.9 Å². The van der Waals surface area contributed by atoms with E-state index in [1.807, 2.05) is 6.07 Å². The SMILES string of the molecule is CC(C)CN(c1ccnc(F)c1)C1CCCC1. The Hall–Kier alpha value is -1.12. The monoisotopic (exact) mass is 236 g/mol. The van der Waals surface area contributed by atoms with E-state index in [2.05, 4.69) is 23.7 Å². The Bertz CT molecular complexity index is 359. The van der Waals surface area contributed by atoms with Crippen LogP contribution in [0.5, 0.6) is 0 Å². The van der Waals surface area contributed by atoms with Crippen molar-refractivity contribution in [1.29, 1.82) is 0 Å².